The maximum atomic E-state index is 6.39. The van der Waals surface area contributed by atoms with Gasteiger partial charge in [0.15, 0.2) is 0 Å². The van der Waals surface area contributed by atoms with Crippen LogP contribution in [0, 0.1) is 0 Å². The molecule has 0 bridgehead atoms. The number of rotatable bonds is 4. The van der Waals surface area contributed by atoms with Gasteiger partial charge in [-0.05, 0) is 52.8 Å². The molecule has 5 heteroatoms. The molecule has 0 N–H and O–H groups in total. The average Bonchev–Trinajstić information content (AvgIpc) is 3.19. The first-order valence-corrected chi connectivity index (χ1v) is 11.7. The molecular weight excluding hydrogens is 414 g/mol. The Morgan fingerprint density at radius 3 is 2.58 bits per heavy atom. The van der Waals surface area contributed by atoms with Gasteiger partial charge in [0, 0.05) is 36.8 Å². The lowest BCUT2D eigenvalue weighted by Gasteiger charge is -2.34. The minimum Gasteiger partial charge on any atom is -0.496 e. The third kappa shape index (κ3) is 2.79. The zero-order valence-corrected chi connectivity index (χ0v) is 19.4. The first kappa shape index (κ1) is 20.6. The van der Waals surface area contributed by atoms with Crippen LogP contribution in [0.25, 0.3) is 27.7 Å². The molecule has 3 aliphatic rings. The summed E-state index contributed by atoms with van der Waals surface area (Å²) in [6.07, 6.45) is 2.83. The van der Waals surface area contributed by atoms with Crippen molar-refractivity contribution in [3.8, 4) is 16.9 Å². The Hall–Kier alpha value is -3.02. The zero-order chi connectivity index (χ0) is 22.6. The van der Waals surface area contributed by atoms with Gasteiger partial charge in [0.1, 0.15) is 23.7 Å². The summed E-state index contributed by atoms with van der Waals surface area (Å²) in [7, 11) is 3.55. The molecule has 2 heterocycles. The first-order valence-electron chi connectivity index (χ1n) is 11.7. The number of hydrogen-bond donors (Lipinski definition) is 0. The molecule has 3 aromatic rings. The molecule has 0 amide bonds. The topological polar surface area (TPSA) is 40.2 Å². The van der Waals surface area contributed by atoms with Gasteiger partial charge in [-0.15, -0.1) is 0 Å². The molecule has 6 rings (SSSR count). The lowest BCUT2D eigenvalue weighted by Crippen LogP contribution is -2.36. The molecule has 2 aliphatic heterocycles. The van der Waals surface area contributed by atoms with Crippen LogP contribution in [0.5, 0.6) is 5.75 Å². The number of nitrogens with zero attached hydrogens (tertiary/aromatic N) is 1. The van der Waals surface area contributed by atoms with E-state index in [4.69, 9.17) is 18.9 Å². The van der Waals surface area contributed by atoms with E-state index in [1.807, 2.05) is 13.2 Å². The van der Waals surface area contributed by atoms with Crippen molar-refractivity contribution >= 4 is 22.2 Å². The summed E-state index contributed by atoms with van der Waals surface area (Å²) in [6.45, 7) is 6.01. The van der Waals surface area contributed by atoms with E-state index in [0.717, 1.165) is 60.7 Å². The third-order valence-electron chi connectivity index (χ3n) is 7.46. The van der Waals surface area contributed by atoms with Crippen molar-refractivity contribution in [2.45, 2.75) is 18.9 Å². The Labute approximate surface area is 194 Å². The van der Waals surface area contributed by atoms with E-state index in [0.29, 0.717) is 6.61 Å². The summed E-state index contributed by atoms with van der Waals surface area (Å²) >= 11 is 0. The molecule has 170 valence electrons. The summed E-state index contributed by atoms with van der Waals surface area (Å²) in [5.74, 6) is 1.74. The normalized spacial score (nSPS) is 21.2. The molecule has 3 aromatic carbocycles. The number of morpholine rings is 1. The van der Waals surface area contributed by atoms with Crippen molar-refractivity contribution < 1.29 is 18.9 Å². The fraction of sp³-hybridized carbons (Fsp3) is 0.357. The maximum absolute atomic E-state index is 6.39. The van der Waals surface area contributed by atoms with Gasteiger partial charge in [0.25, 0.3) is 0 Å². The Morgan fingerprint density at radius 1 is 1.00 bits per heavy atom. The van der Waals surface area contributed by atoms with E-state index in [1.54, 1.807) is 7.11 Å². The van der Waals surface area contributed by atoms with Crippen LogP contribution in [0.15, 0.2) is 48.5 Å². The van der Waals surface area contributed by atoms with Crippen LogP contribution in [0.1, 0.15) is 30.0 Å². The highest BCUT2D eigenvalue weighted by atomic mass is 16.5. The summed E-state index contributed by atoms with van der Waals surface area (Å²) in [5.41, 5.74) is 6.49. The fourth-order valence-electron chi connectivity index (χ4n) is 5.93. The highest BCUT2D eigenvalue weighted by Gasteiger charge is 2.47. The van der Waals surface area contributed by atoms with E-state index < -0.39 is 5.60 Å². The summed E-state index contributed by atoms with van der Waals surface area (Å²) < 4.78 is 24.2. The third-order valence-corrected chi connectivity index (χ3v) is 7.46. The number of ether oxygens (including phenoxy) is 4. The Morgan fingerprint density at radius 2 is 1.82 bits per heavy atom. The maximum Gasteiger partial charge on any atom is 0.138 e. The van der Waals surface area contributed by atoms with Gasteiger partial charge in [-0.25, -0.2) is 0 Å². The Kier molecular flexibility index (Phi) is 4.86. The van der Waals surface area contributed by atoms with Gasteiger partial charge in [-0.2, -0.15) is 0 Å². The van der Waals surface area contributed by atoms with Gasteiger partial charge in [-0.1, -0.05) is 31.2 Å². The largest absolute Gasteiger partial charge is 0.496 e. The monoisotopic (exact) mass is 443 g/mol. The molecule has 1 saturated heterocycles. The lowest BCUT2D eigenvalue weighted by atomic mass is 9.82. The Balaban J connectivity index is 1.74. The van der Waals surface area contributed by atoms with Crippen LogP contribution in [-0.4, -0.2) is 47.1 Å². The van der Waals surface area contributed by atoms with E-state index in [1.165, 1.54) is 27.8 Å². The van der Waals surface area contributed by atoms with E-state index >= 15 is 0 Å². The van der Waals surface area contributed by atoms with Crippen LogP contribution in [0.2, 0.25) is 0 Å². The van der Waals surface area contributed by atoms with Gasteiger partial charge < -0.3 is 23.8 Å². The molecule has 5 nitrogen and oxygen atoms in total. The second-order valence-electron chi connectivity index (χ2n) is 8.80. The van der Waals surface area contributed by atoms with E-state index in [9.17, 15) is 0 Å². The van der Waals surface area contributed by atoms with Gasteiger partial charge in [-0.3, -0.25) is 0 Å². The number of hydrogen-bond acceptors (Lipinski definition) is 5. The number of methoxy groups -OCH3 is 2. The quantitative estimate of drug-likeness (QED) is 0.545. The minimum absolute atomic E-state index is 0.494. The fourth-order valence-corrected chi connectivity index (χ4v) is 5.93. The summed E-state index contributed by atoms with van der Waals surface area (Å²) in [5, 5.41) is 2.31. The van der Waals surface area contributed by atoms with Crippen LogP contribution < -0.4 is 9.64 Å². The van der Waals surface area contributed by atoms with Crippen LogP contribution in [-0.2, 0) is 19.8 Å². The zero-order valence-electron chi connectivity index (χ0n) is 19.4. The molecule has 1 fully saturated rings. The number of anilines is 1. The second kappa shape index (κ2) is 7.79. The van der Waals surface area contributed by atoms with Gasteiger partial charge in [0.05, 0.1) is 25.9 Å². The smallest absolute Gasteiger partial charge is 0.138 e. The van der Waals surface area contributed by atoms with Crippen molar-refractivity contribution in [1.82, 2.24) is 0 Å². The standard InChI is InChI=1S/C28H29NO4/c1-4-28(31-3)22-8-6-5-7-20(22)24-21-17-18(29-12-15-32-16-13-29)9-10-19(21)27-25(26(24)28)23(30-2)11-14-33-27/h5-11,17H,4,12-16H2,1-3H3. The molecule has 0 spiro atoms. The first-order chi connectivity index (χ1) is 16.2. The summed E-state index contributed by atoms with van der Waals surface area (Å²) in [4.78, 5) is 2.40. The summed E-state index contributed by atoms with van der Waals surface area (Å²) in [6, 6.07) is 15.4. The highest BCUT2D eigenvalue weighted by molar-refractivity contribution is 6.09. The second-order valence-corrected chi connectivity index (χ2v) is 8.80. The van der Waals surface area contributed by atoms with Crippen molar-refractivity contribution in [3.05, 3.63) is 65.2 Å². The van der Waals surface area contributed by atoms with Crippen LogP contribution in [0.3, 0.4) is 0 Å². The number of benzene rings is 3. The molecule has 0 aromatic heterocycles. The lowest BCUT2D eigenvalue weighted by molar-refractivity contribution is 0.0219. The van der Waals surface area contributed by atoms with E-state index in [2.05, 4.69) is 54.3 Å². The van der Waals surface area contributed by atoms with Crippen molar-refractivity contribution in [2.75, 3.05) is 52.0 Å². The Bertz CT molecular complexity index is 1270. The van der Waals surface area contributed by atoms with E-state index in [-0.39, 0.29) is 0 Å². The average molecular weight is 444 g/mol. The van der Waals surface area contributed by atoms with Gasteiger partial charge >= 0.3 is 0 Å². The predicted octanol–water partition coefficient (Wildman–Crippen LogP) is 5.34. The minimum atomic E-state index is -0.558. The molecule has 1 aliphatic carbocycles. The van der Waals surface area contributed by atoms with Crippen molar-refractivity contribution in [1.29, 1.82) is 0 Å². The van der Waals surface area contributed by atoms with Crippen LogP contribution in [0.4, 0.5) is 5.69 Å². The molecule has 1 atom stereocenters. The highest BCUT2D eigenvalue weighted by Crippen LogP contribution is 2.59. The SMILES string of the molecule is CCC1(OC)c2ccccc2-c2c1c1c(c3ccc(N4CCOCC4)cc23)OCC=C1OC. The van der Waals surface area contributed by atoms with Crippen LogP contribution >= 0.6 is 0 Å². The van der Waals surface area contributed by atoms with Crippen molar-refractivity contribution in [2.24, 2.45) is 0 Å². The van der Waals surface area contributed by atoms with Gasteiger partial charge in [0.2, 0.25) is 0 Å². The molecule has 0 radical (unpaired) electrons. The molecule has 0 saturated carbocycles. The molecule has 1 unspecified atom stereocenters. The predicted molar refractivity (Wildman–Crippen MR) is 131 cm³/mol. The number of fused-ring (bicyclic) bond motifs is 8. The molecular formula is C28H29NO4. The van der Waals surface area contributed by atoms with Crippen molar-refractivity contribution in [3.63, 3.8) is 0 Å². The molecule has 33 heavy (non-hydrogen) atoms.